The molecule has 0 unspecified atom stereocenters. The molecular formula is C13H29CuN. The Labute approximate surface area is 107 Å². The molecule has 97 valence electrons. The van der Waals surface area contributed by atoms with E-state index in [-0.39, 0.29) is 17.1 Å². The fourth-order valence-electron chi connectivity index (χ4n) is 1.81. The quantitative estimate of drug-likeness (QED) is 0.437. The summed E-state index contributed by atoms with van der Waals surface area (Å²) in [5.41, 5.74) is 5.44. The van der Waals surface area contributed by atoms with Crippen molar-refractivity contribution in [2.75, 3.05) is 6.54 Å². The number of nitrogens with two attached hydrogens (primary N) is 1. The Balaban J connectivity index is 0. The molecule has 0 atom stereocenters. The Morgan fingerprint density at radius 3 is 1.27 bits per heavy atom. The normalized spacial score (nSPS) is 10.0. The topological polar surface area (TPSA) is 26.0 Å². The van der Waals surface area contributed by atoms with E-state index in [0.717, 1.165) is 6.54 Å². The second kappa shape index (κ2) is 16.9. The van der Waals surface area contributed by atoms with Gasteiger partial charge in [-0.25, -0.2) is 0 Å². The molecule has 0 aromatic carbocycles. The summed E-state index contributed by atoms with van der Waals surface area (Å²) in [6, 6.07) is 0. The van der Waals surface area contributed by atoms with E-state index in [9.17, 15) is 0 Å². The van der Waals surface area contributed by atoms with Crippen LogP contribution >= 0.6 is 0 Å². The molecule has 0 heterocycles. The monoisotopic (exact) mass is 262 g/mol. The van der Waals surface area contributed by atoms with Crippen molar-refractivity contribution in [2.45, 2.75) is 77.6 Å². The zero-order valence-corrected chi connectivity index (χ0v) is 11.3. The van der Waals surface area contributed by atoms with E-state index < -0.39 is 0 Å². The Morgan fingerprint density at radius 1 is 0.600 bits per heavy atom. The van der Waals surface area contributed by atoms with Crippen LogP contribution in [0.1, 0.15) is 77.6 Å². The first-order valence-corrected chi connectivity index (χ1v) is 6.62. The average molecular weight is 263 g/mol. The Morgan fingerprint density at radius 2 is 0.933 bits per heavy atom. The molecule has 0 aliphatic rings. The molecule has 2 N–H and O–H groups in total. The van der Waals surface area contributed by atoms with Crippen LogP contribution in [-0.2, 0) is 17.1 Å². The molecule has 0 aliphatic carbocycles. The summed E-state index contributed by atoms with van der Waals surface area (Å²) in [5, 5.41) is 0. The van der Waals surface area contributed by atoms with Crippen molar-refractivity contribution >= 4 is 0 Å². The van der Waals surface area contributed by atoms with Crippen LogP contribution in [0.15, 0.2) is 0 Å². The maximum absolute atomic E-state index is 5.44. The fourth-order valence-corrected chi connectivity index (χ4v) is 1.81. The summed E-state index contributed by atoms with van der Waals surface area (Å²) >= 11 is 0. The fraction of sp³-hybridized carbons (Fsp3) is 1.00. The average Bonchev–Trinajstić information content (AvgIpc) is 2.21. The minimum atomic E-state index is 0. The molecule has 1 nitrogen and oxygen atoms in total. The molecule has 15 heavy (non-hydrogen) atoms. The van der Waals surface area contributed by atoms with Crippen LogP contribution in [-0.4, -0.2) is 6.54 Å². The molecular weight excluding hydrogens is 234 g/mol. The summed E-state index contributed by atoms with van der Waals surface area (Å²) < 4.78 is 0. The van der Waals surface area contributed by atoms with Crippen LogP contribution in [0.4, 0.5) is 0 Å². The predicted molar refractivity (Wildman–Crippen MR) is 65.5 cm³/mol. The van der Waals surface area contributed by atoms with Crippen LogP contribution in [0.25, 0.3) is 0 Å². The standard InChI is InChI=1S/C13H29N.Cu/c1-2-3-4-5-6-7-8-9-10-11-12-13-14;/h2-14H2,1H3;. The van der Waals surface area contributed by atoms with Gasteiger partial charge in [-0.05, 0) is 13.0 Å². The van der Waals surface area contributed by atoms with Gasteiger partial charge in [-0.3, -0.25) is 0 Å². The molecule has 0 rings (SSSR count). The van der Waals surface area contributed by atoms with Gasteiger partial charge in [-0.1, -0.05) is 71.1 Å². The van der Waals surface area contributed by atoms with Gasteiger partial charge in [0.05, 0.1) is 0 Å². The van der Waals surface area contributed by atoms with Gasteiger partial charge < -0.3 is 5.73 Å². The van der Waals surface area contributed by atoms with Crippen LogP contribution in [0, 0.1) is 0 Å². The summed E-state index contributed by atoms with van der Waals surface area (Å²) in [5.74, 6) is 0. The Hall–Kier alpha value is 0.479. The maximum atomic E-state index is 5.44. The molecule has 0 aromatic rings. The van der Waals surface area contributed by atoms with Gasteiger partial charge in [0, 0.05) is 17.1 Å². The van der Waals surface area contributed by atoms with Gasteiger partial charge in [0.1, 0.15) is 0 Å². The molecule has 0 aromatic heterocycles. The van der Waals surface area contributed by atoms with Crippen molar-refractivity contribution in [1.29, 1.82) is 0 Å². The van der Waals surface area contributed by atoms with E-state index in [1.165, 1.54) is 70.6 Å². The minimum absolute atomic E-state index is 0. The van der Waals surface area contributed by atoms with E-state index in [0.29, 0.717) is 0 Å². The first-order valence-electron chi connectivity index (χ1n) is 6.62. The first-order chi connectivity index (χ1) is 6.91. The number of hydrogen-bond acceptors (Lipinski definition) is 1. The molecule has 1 radical (unpaired) electrons. The molecule has 0 saturated heterocycles. The van der Waals surface area contributed by atoms with Gasteiger partial charge in [0.2, 0.25) is 0 Å². The van der Waals surface area contributed by atoms with Crippen molar-refractivity contribution in [1.82, 2.24) is 0 Å². The molecule has 0 fully saturated rings. The van der Waals surface area contributed by atoms with Crippen molar-refractivity contribution in [3.63, 3.8) is 0 Å². The molecule has 0 saturated carbocycles. The third-order valence-corrected chi connectivity index (χ3v) is 2.81. The van der Waals surface area contributed by atoms with Crippen LogP contribution < -0.4 is 5.73 Å². The van der Waals surface area contributed by atoms with E-state index in [2.05, 4.69) is 6.92 Å². The van der Waals surface area contributed by atoms with Crippen LogP contribution in [0.5, 0.6) is 0 Å². The van der Waals surface area contributed by atoms with E-state index in [4.69, 9.17) is 5.73 Å². The summed E-state index contributed by atoms with van der Waals surface area (Å²) in [6.45, 7) is 3.15. The maximum Gasteiger partial charge on any atom is 0 e. The van der Waals surface area contributed by atoms with Crippen molar-refractivity contribution < 1.29 is 17.1 Å². The van der Waals surface area contributed by atoms with Gasteiger partial charge in [0.15, 0.2) is 0 Å². The molecule has 0 spiro atoms. The number of rotatable bonds is 11. The van der Waals surface area contributed by atoms with Crippen LogP contribution in [0.3, 0.4) is 0 Å². The van der Waals surface area contributed by atoms with Crippen molar-refractivity contribution in [2.24, 2.45) is 5.73 Å². The summed E-state index contributed by atoms with van der Waals surface area (Å²) in [6.07, 6.45) is 15.4. The van der Waals surface area contributed by atoms with E-state index >= 15 is 0 Å². The SMILES string of the molecule is CCCCCCCCCCCCCN.[Cu]. The summed E-state index contributed by atoms with van der Waals surface area (Å²) in [4.78, 5) is 0. The third kappa shape index (κ3) is 17.1. The zero-order valence-electron chi connectivity index (χ0n) is 10.4. The minimum Gasteiger partial charge on any atom is -0.330 e. The molecule has 0 amide bonds. The number of hydrogen-bond donors (Lipinski definition) is 1. The van der Waals surface area contributed by atoms with Gasteiger partial charge in [0.25, 0.3) is 0 Å². The largest absolute Gasteiger partial charge is 0.330 e. The van der Waals surface area contributed by atoms with E-state index in [1.54, 1.807) is 0 Å². The van der Waals surface area contributed by atoms with Gasteiger partial charge in [-0.2, -0.15) is 0 Å². The van der Waals surface area contributed by atoms with E-state index in [1.807, 2.05) is 0 Å². The Kier molecular flexibility index (Phi) is 20.1. The second-order valence-corrected chi connectivity index (χ2v) is 4.32. The second-order valence-electron chi connectivity index (χ2n) is 4.32. The Bertz CT molecular complexity index is 84.5. The first kappa shape index (κ1) is 17.9. The molecule has 0 aliphatic heterocycles. The van der Waals surface area contributed by atoms with Gasteiger partial charge in [-0.15, -0.1) is 0 Å². The van der Waals surface area contributed by atoms with Crippen molar-refractivity contribution in [3.05, 3.63) is 0 Å². The predicted octanol–water partition coefficient (Wildman–Crippen LogP) is 4.25. The molecule has 0 bridgehead atoms. The zero-order chi connectivity index (χ0) is 10.5. The van der Waals surface area contributed by atoms with Gasteiger partial charge >= 0.3 is 0 Å². The van der Waals surface area contributed by atoms with Crippen LogP contribution in [0.2, 0.25) is 0 Å². The third-order valence-electron chi connectivity index (χ3n) is 2.81. The smallest absolute Gasteiger partial charge is 0 e. The molecule has 2 heteroatoms. The van der Waals surface area contributed by atoms with Crippen molar-refractivity contribution in [3.8, 4) is 0 Å². The number of unbranched alkanes of at least 4 members (excludes halogenated alkanes) is 10. The summed E-state index contributed by atoms with van der Waals surface area (Å²) in [7, 11) is 0.